The highest BCUT2D eigenvalue weighted by Gasteiger charge is 2.43. The van der Waals surface area contributed by atoms with Crippen LogP contribution in [0.3, 0.4) is 0 Å². The molecule has 1 N–H and O–H groups in total. The summed E-state index contributed by atoms with van der Waals surface area (Å²) in [5.41, 5.74) is 2.36. The topological polar surface area (TPSA) is 78.7 Å². The van der Waals surface area contributed by atoms with Crippen molar-refractivity contribution in [1.82, 2.24) is 5.32 Å². The summed E-state index contributed by atoms with van der Waals surface area (Å²) >= 11 is 0. The third-order valence-corrected chi connectivity index (χ3v) is 6.36. The number of amides is 1. The summed E-state index contributed by atoms with van der Waals surface area (Å²) in [4.78, 5) is 28.1. The molecule has 8 heteroatoms. The molecule has 0 radical (unpaired) electrons. The Bertz CT molecular complexity index is 1010. The van der Waals surface area contributed by atoms with E-state index in [0.29, 0.717) is 31.7 Å². The number of rotatable bonds is 4. The standard InChI is InChI=1S/C22H23FN4O3/c23-18-3-1-2-4-20(18)25-9-10-26-19-8-7-16(27(29)30)11-14(19)12-17(21(26)13-25)22(28)24-15-5-6-15/h1-4,7-8,11,15,17,21H,5-6,9-10,12-13H2,(H,24,28)/t17-,21-/m0/s1. The van der Waals surface area contributed by atoms with Crippen molar-refractivity contribution < 1.29 is 14.1 Å². The fourth-order valence-electron chi connectivity index (χ4n) is 4.69. The van der Waals surface area contributed by atoms with Crippen molar-refractivity contribution in [1.29, 1.82) is 0 Å². The van der Waals surface area contributed by atoms with E-state index in [-0.39, 0.29) is 35.4 Å². The maximum absolute atomic E-state index is 14.4. The number of anilines is 2. The lowest BCUT2D eigenvalue weighted by Gasteiger charge is -2.49. The molecule has 1 saturated heterocycles. The van der Waals surface area contributed by atoms with Crippen molar-refractivity contribution in [3.05, 3.63) is 64.0 Å². The fourth-order valence-corrected chi connectivity index (χ4v) is 4.69. The second-order valence-corrected chi connectivity index (χ2v) is 8.32. The lowest BCUT2D eigenvalue weighted by Crippen LogP contribution is -2.61. The number of halogens is 1. The number of non-ortho nitro benzene ring substituents is 1. The van der Waals surface area contributed by atoms with Crippen LogP contribution in [0.2, 0.25) is 0 Å². The zero-order valence-electron chi connectivity index (χ0n) is 16.5. The van der Waals surface area contributed by atoms with Crippen LogP contribution < -0.4 is 15.1 Å². The minimum Gasteiger partial charge on any atom is -0.365 e. The molecular formula is C22H23FN4O3. The predicted octanol–water partition coefficient (Wildman–Crippen LogP) is 2.88. The fraction of sp³-hybridized carbons (Fsp3) is 0.409. The molecule has 0 aromatic heterocycles. The van der Waals surface area contributed by atoms with Crippen LogP contribution in [0.15, 0.2) is 42.5 Å². The SMILES string of the molecule is O=C(NC1CC1)[C@H]1Cc2cc([N+](=O)[O-])ccc2N2CCN(c3ccccc3F)C[C@@H]12. The van der Waals surface area contributed by atoms with E-state index in [1.54, 1.807) is 24.3 Å². The number of carbonyl (C=O) groups is 1. The van der Waals surface area contributed by atoms with Crippen LogP contribution in [0.4, 0.5) is 21.5 Å². The van der Waals surface area contributed by atoms with E-state index in [0.717, 1.165) is 24.1 Å². The van der Waals surface area contributed by atoms with Gasteiger partial charge in [-0.15, -0.1) is 0 Å². The molecule has 156 valence electrons. The zero-order valence-corrected chi connectivity index (χ0v) is 16.5. The molecule has 7 nitrogen and oxygen atoms in total. The number of nitrogens with one attached hydrogen (secondary N) is 1. The van der Waals surface area contributed by atoms with Crippen LogP contribution in [0.25, 0.3) is 0 Å². The zero-order chi connectivity index (χ0) is 20.8. The third kappa shape index (κ3) is 3.36. The molecule has 0 bridgehead atoms. The summed E-state index contributed by atoms with van der Waals surface area (Å²) in [5.74, 6) is -0.619. The van der Waals surface area contributed by atoms with Gasteiger partial charge in [-0.25, -0.2) is 4.39 Å². The number of fused-ring (bicyclic) bond motifs is 3. The smallest absolute Gasteiger partial charge is 0.269 e. The molecular weight excluding hydrogens is 387 g/mol. The number of nitrogens with zero attached hydrogens (tertiary/aromatic N) is 3. The molecule has 1 saturated carbocycles. The average Bonchev–Trinajstić information content (AvgIpc) is 3.56. The highest BCUT2D eigenvalue weighted by molar-refractivity contribution is 5.83. The van der Waals surface area contributed by atoms with Gasteiger partial charge in [-0.2, -0.15) is 0 Å². The summed E-state index contributed by atoms with van der Waals surface area (Å²) < 4.78 is 14.4. The van der Waals surface area contributed by atoms with Gasteiger partial charge in [-0.1, -0.05) is 12.1 Å². The van der Waals surface area contributed by atoms with Crippen LogP contribution in [0.1, 0.15) is 18.4 Å². The monoisotopic (exact) mass is 410 g/mol. The van der Waals surface area contributed by atoms with Gasteiger partial charge in [-0.3, -0.25) is 14.9 Å². The van der Waals surface area contributed by atoms with Gasteiger partial charge in [0, 0.05) is 43.5 Å². The Morgan fingerprint density at radius 2 is 1.93 bits per heavy atom. The van der Waals surface area contributed by atoms with Gasteiger partial charge in [0.15, 0.2) is 0 Å². The first-order valence-electron chi connectivity index (χ1n) is 10.3. The molecule has 2 aromatic carbocycles. The Labute approximate surface area is 173 Å². The lowest BCUT2D eigenvalue weighted by atomic mass is 9.83. The number of hydrogen-bond donors (Lipinski definition) is 1. The number of hydrogen-bond acceptors (Lipinski definition) is 5. The van der Waals surface area contributed by atoms with E-state index in [4.69, 9.17) is 0 Å². The van der Waals surface area contributed by atoms with Gasteiger partial charge < -0.3 is 15.1 Å². The summed E-state index contributed by atoms with van der Waals surface area (Å²) in [7, 11) is 0. The third-order valence-electron chi connectivity index (χ3n) is 6.36. The molecule has 2 fully saturated rings. The van der Waals surface area contributed by atoms with Gasteiger partial charge in [-0.05, 0) is 43.0 Å². The highest BCUT2D eigenvalue weighted by atomic mass is 19.1. The van der Waals surface area contributed by atoms with Gasteiger partial charge >= 0.3 is 0 Å². The van der Waals surface area contributed by atoms with E-state index in [2.05, 4.69) is 10.2 Å². The van der Waals surface area contributed by atoms with Gasteiger partial charge in [0.1, 0.15) is 5.82 Å². The largest absolute Gasteiger partial charge is 0.365 e. The maximum atomic E-state index is 14.4. The van der Waals surface area contributed by atoms with Crippen molar-refractivity contribution in [2.45, 2.75) is 31.3 Å². The first-order valence-corrected chi connectivity index (χ1v) is 10.3. The molecule has 1 aliphatic carbocycles. The first-order chi connectivity index (χ1) is 14.5. The second-order valence-electron chi connectivity index (χ2n) is 8.32. The minimum absolute atomic E-state index is 0.0139. The Morgan fingerprint density at radius 1 is 1.13 bits per heavy atom. The number of carbonyl (C=O) groups excluding carboxylic acids is 1. The van der Waals surface area contributed by atoms with Crippen LogP contribution in [0, 0.1) is 21.8 Å². The van der Waals surface area contributed by atoms with E-state index < -0.39 is 4.92 Å². The maximum Gasteiger partial charge on any atom is 0.269 e. The van der Waals surface area contributed by atoms with Crippen LogP contribution in [-0.2, 0) is 11.2 Å². The molecule has 0 unspecified atom stereocenters. The van der Waals surface area contributed by atoms with Crippen molar-refractivity contribution in [2.24, 2.45) is 5.92 Å². The summed E-state index contributed by atoms with van der Waals surface area (Å²) in [6.45, 7) is 1.77. The van der Waals surface area contributed by atoms with Crippen LogP contribution >= 0.6 is 0 Å². The number of nitro groups is 1. The Kier molecular flexibility index (Phi) is 4.56. The Hall–Kier alpha value is -3.16. The summed E-state index contributed by atoms with van der Waals surface area (Å²) in [6, 6.07) is 11.7. The van der Waals surface area contributed by atoms with E-state index in [1.165, 1.54) is 12.1 Å². The lowest BCUT2D eigenvalue weighted by molar-refractivity contribution is -0.384. The van der Waals surface area contributed by atoms with E-state index >= 15 is 0 Å². The molecule has 1 amide bonds. The Morgan fingerprint density at radius 3 is 2.67 bits per heavy atom. The molecule has 5 rings (SSSR count). The highest BCUT2D eigenvalue weighted by Crippen LogP contribution is 2.39. The number of piperazine rings is 1. The average molecular weight is 410 g/mol. The van der Waals surface area contributed by atoms with Crippen molar-refractivity contribution >= 4 is 23.0 Å². The van der Waals surface area contributed by atoms with Gasteiger partial charge in [0.05, 0.1) is 22.6 Å². The summed E-state index contributed by atoms with van der Waals surface area (Å²) in [5, 5.41) is 14.3. The van der Waals surface area contributed by atoms with Crippen LogP contribution in [-0.4, -0.2) is 42.5 Å². The molecule has 2 aromatic rings. The number of nitro benzene ring substituents is 1. The molecule has 2 heterocycles. The minimum atomic E-state index is -0.401. The van der Waals surface area contributed by atoms with E-state index in [9.17, 15) is 19.3 Å². The Balaban J connectivity index is 1.49. The quantitative estimate of drug-likeness (QED) is 0.619. The second kappa shape index (κ2) is 7.27. The molecule has 2 aliphatic heterocycles. The molecule has 3 aliphatic rings. The number of para-hydroxylation sites is 1. The number of benzene rings is 2. The molecule has 2 atom stereocenters. The van der Waals surface area contributed by atoms with Crippen molar-refractivity contribution in [3.8, 4) is 0 Å². The normalized spacial score (nSPS) is 22.8. The molecule has 30 heavy (non-hydrogen) atoms. The summed E-state index contributed by atoms with van der Waals surface area (Å²) in [6.07, 6.45) is 2.44. The first kappa shape index (κ1) is 18.8. The van der Waals surface area contributed by atoms with Gasteiger partial charge in [0.2, 0.25) is 5.91 Å². The van der Waals surface area contributed by atoms with E-state index in [1.807, 2.05) is 11.0 Å². The van der Waals surface area contributed by atoms with Crippen LogP contribution in [0.5, 0.6) is 0 Å². The van der Waals surface area contributed by atoms with Gasteiger partial charge in [0.25, 0.3) is 5.69 Å². The van der Waals surface area contributed by atoms with Crippen molar-refractivity contribution in [2.75, 3.05) is 29.4 Å². The predicted molar refractivity (Wildman–Crippen MR) is 111 cm³/mol. The molecule has 0 spiro atoms. The van der Waals surface area contributed by atoms with Crippen molar-refractivity contribution in [3.63, 3.8) is 0 Å².